The first kappa shape index (κ1) is 18.9. The van der Waals surface area contributed by atoms with Crippen LogP contribution in [0, 0.1) is 0 Å². The van der Waals surface area contributed by atoms with E-state index in [1.807, 2.05) is 0 Å². The topological polar surface area (TPSA) is 52.6 Å². The van der Waals surface area contributed by atoms with Crippen molar-refractivity contribution in [3.63, 3.8) is 0 Å². The van der Waals surface area contributed by atoms with Crippen molar-refractivity contribution in [2.75, 3.05) is 7.11 Å². The van der Waals surface area contributed by atoms with Gasteiger partial charge in [-0.2, -0.15) is 0 Å². The molecule has 0 aromatic heterocycles. The maximum absolute atomic E-state index is 11.2. The number of unbranched alkanes of at least 4 members (excludes halogenated alkanes) is 7. The highest BCUT2D eigenvalue weighted by Crippen LogP contribution is 2.14. The minimum Gasteiger partial charge on any atom is -0.469 e. The van der Waals surface area contributed by atoms with Crippen molar-refractivity contribution in [1.29, 1.82) is 0 Å². The summed E-state index contributed by atoms with van der Waals surface area (Å²) < 4.78 is 9.76. The Morgan fingerprint density at radius 2 is 1.50 bits per heavy atom. The van der Waals surface area contributed by atoms with Gasteiger partial charge in [-0.1, -0.05) is 51.9 Å². The van der Waals surface area contributed by atoms with Gasteiger partial charge in [0.05, 0.1) is 13.5 Å². The van der Waals surface area contributed by atoms with Crippen LogP contribution in [0.25, 0.3) is 0 Å². The molecule has 0 aromatic rings. The lowest BCUT2D eigenvalue weighted by Crippen LogP contribution is -2.21. The van der Waals surface area contributed by atoms with Gasteiger partial charge in [0, 0.05) is 6.92 Å². The molecule has 0 saturated carbocycles. The summed E-state index contributed by atoms with van der Waals surface area (Å²) in [6, 6.07) is 0. The summed E-state index contributed by atoms with van der Waals surface area (Å²) in [6.07, 6.45) is 10.4. The number of carbonyl (C=O) groups excluding carboxylic acids is 2. The molecular weight excluding hydrogens is 256 g/mol. The Hall–Kier alpha value is -1.06. The predicted molar refractivity (Wildman–Crippen MR) is 79.4 cm³/mol. The molecule has 0 saturated heterocycles. The first-order valence-corrected chi connectivity index (χ1v) is 7.84. The van der Waals surface area contributed by atoms with Gasteiger partial charge in [-0.3, -0.25) is 9.59 Å². The standard InChI is InChI=1S/C16H30O4/c1-4-5-6-7-8-9-10-11-12-15(20-14(2)17)13-16(18)19-3/h15H,4-13H2,1-3H3/t15-/m1/s1. The summed E-state index contributed by atoms with van der Waals surface area (Å²) in [5, 5.41) is 0. The second-order valence-electron chi connectivity index (χ2n) is 5.28. The predicted octanol–water partition coefficient (Wildman–Crippen LogP) is 4.01. The van der Waals surface area contributed by atoms with Crippen LogP contribution in [0.3, 0.4) is 0 Å². The molecule has 0 aliphatic carbocycles. The molecular formula is C16H30O4. The Labute approximate surface area is 123 Å². The van der Waals surface area contributed by atoms with E-state index >= 15 is 0 Å². The Balaban J connectivity index is 3.68. The van der Waals surface area contributed by atoms with E-state index in [2.05, 4.69) is 11.7 Å². The van der Waals surface area contributed by atoms with E-state index in [1.54, 1.807) is 0 Å². The van der Waals surface area contributed by atoms with Crippen LogP contribution < -0.4 is 0 Å². The molecule has 0 amide bonds. The fourth-order valence-electron chi connectivity index (χ4n) is 2.21. The van der Waals surface area contributed by atoms with Gasteiger partial charge in [-0.15, -0.1) is 0 Å². The van der Waals surface area contributed by atoms with Gasteiger partial charge in [0.15, 0.2) is 0 Å². The third-order valence-corrected chi connectivity index (χ3v) is 3.33. The minimum absolute atomic E-state index is 0.159. The smallest absolute Gasteiger partial charge is 0.309 e. The third-order valence-electron chi connectivity index (χ3n) is 3.33. The van der Waals surface area contributed by atoms with Crippen LogP contribution in [0.5, 0.6) is 0 Å². The number of hydrogen-bond donors (Lipinski definition) is 0. The number of carbonyl (C=O) groups is 2. The fraction of sp³-hybridized carbons (Fsp3) is 0.875. The van der Waals surface area contributed by atoms with Gasteiger partial charge in [0.2, 0.25) is 0 Å². The van der Waals surface area contributed by atoms with Crippen LogP contribution in [0.4, 0.5) is 0 Å². The number of ether oxygens (including phenoxy) is 2. The van der Waals surface area contributed by atoms with Gasteiger partial charge >= 0.3 is 11.9 Å². The first-order valence-electron chi connectivity index (χ1n) is 7.84. The van der Waals surface area contributed by atoms with E-state index in [0.717, 1.165) is 19.3 Å². The molecule has 0 heterocycles. The molecule has 0 aliphatic heterocycles. The zero-order valence-corrected chi connectivity index (χ0v) is 13.3. The normalized spacial score (nSPS) is 11.9. The maximum atomic E-state index is 11.2. The molecule has 0 aromatic carbocycles. The summed E-state index contributed by atoms with van der Waals surface area (Å²) in [7, 11) is 1.35. The quantitative estimate of drug-likeness (QED) is 0.402. The van der Waals surface area contributed by atoms with E-state index in [0.29, 0.717) is 0 Å². The van der Waals surface area contributed by atoms with Gasteiger partial charge in [0.1, 0.15) is 6.10 Å². The van der Waals surface area contributed by atoms with Crippen LogP contribution in [0.1, 0.15) is 78.1 Å². The third kappa shape index (κ3) is 12.0. The molecule has 0 unspecified atom stereocenters. The summed E-state index contributed by atoms with van der Waals surface area (Å²) in [5.41, 5.74) is 0. The zero-order chi connectivity index (χ0) is 15.2. The Kier molecular flexibility index (Phi) is 12.3. The highest BCUT2D eigenvalue weighted by atomic mass is 16.6. The molecule has 118 valence electrons. The van der Waals surface area contributed by atoms with Crippen LogP contribution in [0.15, 0.2) is 0 Å². The summed E-state index contributed by atoms with van der Waals surface area (Å²) in [6.45, 7) is 3.59. The largest absolute Gasteiger partial charge is 0.469 e. The molecule has 4 heteroatoms. The van der Waals surface area contributed by atoms with E-state index in [9.17, 15) is 9.59 Å². The van der Waals surface area contributed by atoms with E-state index in [4.69, 9.17) is 4.74 Å². The Morgan fingerprint density at radius 3 is 2.00 bits per heavy atom. The average Bonchev–Trinajstić information content (AvgIpc) is 2.40. The first-order chi connectivity index (χ1) is 9.60. The molecule has 0 fully saturated rings. The number of hydrogen-bond acceptors (Lipinski definition) is 4. The molecule has 0 rings (SSSR count). The lowest BCUT2D eigenvalue weighted by atomic mass is 10.0. The van der Waals surface area contributed by atoms with Crippen LogP contribution in [-0.2, 0) is 19.1 Å². The maximum Gasteiger partial charge on any atom is 0.309 e. The Bertz CT molecular complexity index is 263. The zero-order valence-electron chi connectivity index (χ0n) is 13.3. The van der Waals surface area contributed by atoms with Crippen molar-refractivity contribution in [2.45, 2.75) is 84.2 Å². The second kappa shape index (κ2) is 12.9. The van der Waals surface area contributed by atoms with Gasteiger partial charge in [0.25, 0.3) is 0 Å². The molecule has 20 heavy (non-hydrogen) atoms. The highest BCUT2D eigenvalue weighted by Gasteiger charge is 2.16. The molecule has 0 aliphatic rings. The monoisotopic (exact) mass is 286 g/mol. The van der Waals surface area contributed by atoms with Crippen molar-refractivity contribution >= 4 is 11.9 Å². The number of methoxy groups -OCH3 is 1. The minimum atomic E-state index is -0.335. The summed E-state index contributed by atoms with van der Waals surface area (Å²) in [5.74, 6) is -0.658. The van der Waals surface area contributed by atoms with E-state index < -0.39 is 0 Å². The van der Waals surface area contributed by atoms with Crippen molar-refractivity contribution in [2.24, 2.45) is 0 Å². The lowest BCUT2D eigenvalue weighted by molar-refractivity contribution is -0.152. The second-order valence-corrected chi connectivity index (χ2v) is 5.28. The summed E-state index contributed by atoms with van der Waals surface area (Å²) >= 11 is 0. The fourth-order valence-corrected chi connectivity index (χ4v) is 2.21. The number of rotatable bonds is 12. The summed E-state index contributed by atoms with van der Waals surface area (Å²) in [4.78, 5) is 22.2. The molecule has 0 radical (unpaired) electrons. The van der Waals surface area contributed by atoms with Gasteiger partial charge < -0.3 is 9.47 Å². The molecule has 0 N–H and O–H groups in total. The lowest BCUT2D eigenvalue weighted by Gasteiger charge is -2.15. The van der Waals surface area contributed by atoms with Crippen molar-refractivity contribution in [3.05, 3.63) is 0 Å². The average molecular weight is 286 g/mol. The van der Waals surface area contributed by atoms with Crippen molar-refractivity contribution < 1.29 is 19.1 Å². The van der Waals surface area contributed by atoms with E-state index in [-0.39, 0.29) is 24.5 Å². The van der Waals surface area contributed by atoms with Crippen molar-refractivity contribution in [1.82, 2.24) is 0 Å². The van der Waals surface area contributed by atoms with Crippen molar-refractivity contribution in [3.8, 4) is 0 Å². The van der Waals surface area contributed by atoms with Crippen LogP contribution in [-0.4, -0.2) is 25.2 Å². The molecule has 1 atom stereocenters. The highest BCUT2D eigenvalue weighted by molar-refractivity contribution is 5.71. The van der Waals surface area contributed by atoms with Gasteiger partial charge in [-0.25, -0.2) is 0 Å². The SMILES string of the molecule is CCCCCCCCCC[C@H](CC(=O)OC)OC(C)=O. The molecule has 0 bridgehead atoms. The van der Waals surface area contributed by atoms with Crippen LogP contribution >= 0.6 is 0 Å². The number of esters is 2. The van der Waals surface area contributed by atoms with E-state index in [1.165, 1.54) is 52.6 Å². The Morgan fingerprint density at radius 1 is 0.950 bits per heavy atom. The molecule has 4 nitrogen and oxygen atoms in total. The van der Waals surface area contributed by atoms with Gasteiger partial charge in [-0.05, 0) is 12.8 Å². The molecule has 0 spiro atoms. The van der Waals surface area contributed by atoms with Crippen LogP contribution in [0.2, 0.25) is 0 Å².